The van der Waals surface area contributed by atoms with Crippen molar-refractivity contribution < 1.29 is 8.78 Å². The lowest BCUT2D eigenvalue weighted by Crippen LogP contribution is -2.02. The fraction of sp³-hybridized carbons (Fsp3) is 0.0833. The first-order valence-corrected chi connectivity index (χ1v) is 5.05. The molecule has 2 aromatic rings. The summed E-state index contributed by atoms with van der Waals surface area (Å²) in [5.41, 5.74) is 0.445. The smallest absolute Gasteiger partial charge is 0.207 e. The Morgan fingerprint density at radius 2 is 2.18 bits per heavy atom. The van der Waals surface area contributed by atoms with Gasteiger partial charge in [0.15, 0.2) is 11.6 Å². The Kier molecular flexibility index (Phi) is 3.18. The van der Waals surface area contributed by atoms with Crippen LogP contribution < -0.4 is 5.32 Å². The number of nitrogens with one attached hydrogen (secondary N) is 1. The predicted octanol–water partition coefficient (Wildman–Crippen LogP) is 3.09. The highest BCUT2D eigenvalue weighted by Gasteiger charge is 2.05. The molecular weight excluding hydrogens is 224 g/mol. The van der Waals surface area contributed by atoms with Crippen LogP contribution in [-0.2, 0) is 6.54 Å². The largest absolute Gasteiger partial charge is 0.326 e. The molecule has 0 saturated carbocycles. The minimum Gasteiger partial charge on any atom is -0.326 e. The van der Waals surface area contributed by atoms with E-state index in [1.807, 2.05) is 0 Å². The number of benzene rings is 1. The Hall–Kier alpha value is -2.17. The zero-order chi connectivity index (χ0) is 12.3. The molecule has 88 valence electrons. The maximum atomic E-state index is 13.0. The number of hydrogen-bond acceptors (Lipinski definition) is 2. The molecule has 0 bridgehead atoms. The maximum Gasteiger partial charge on any atom is 0.207 e. The fourth-order valence-corrected chi connectivity index (χ4v) is 1.42. The van der Waals surface area contributed by atoms with Gasteiger partial charge in [-0.2, -0.15) is 0 Å². The molecule has 0 aliphatic carbocycles. The van der Waals surface area contributed by atoms with Crippen LogP contribution in [0.2, 0.25) is 0 Å². The number of anilines is 2. The summed E-state index contributed by atoms with van der Waals surface area (Å²) in [6.45, 7) is 4.21. The molecule has 0 aliphatic rings. The molecule has 1 aromatic heterocycles. The first-order chi connectivity index (χ1) is 8.20. The van der Waals surface area contributed by atoms with E-state index in [2.05, 4.69) is 16.9 Å². The quantitative estimate of drug-likeness (QED) is 0.825. The number of rotatable bonds is 4. The third-order valence-electron chi connectivity index (χ3n) is 2.22. The maximum absolute atomic E-state index is 13.0. The summed E-state index contributed by atoms with van der Waals surface area (Å²) in [4.78, 5) is 4.07. The molecule has 17 heavy (non-hydrogen) atoms. The van der Waals surface area contributed by atoms with Gasteiger partial charge >= 0.3 is 0 Å². The summed E-state index contributed by atoms with van der Waals surface area (Å²) in [7, 11) is 0. The molecule has 1 aromatic carbocycles. The number of aromatic nitrogens is 2. The topological polar surface area (TPSA) is 29.9 Å². The summed E-state index contributed by atoms with van der Waals surface area (Å²) >= 11 is 0. The van der Waals surface area contributed by atoms with Gasteiger partial charge in [0.2, 0.25) is 5.95 Å². The van der Waals surface area contributed by atoms with Crippen molar-refractivity contribution in [2.24, 2.45) is 0 Å². The number of imidazole rings is 1. The second-order valence-electron chi connectivity index (χ2n) is 3.45. The van der Waals surface area contributed by atoms with E-state index < -0.39 is 11.6 Å². The van der Waals surface area contributed by atoms with Gasteiger partial charge in [0.05, 0.1) is 0 Å². The lowest BCUT2D eigenvalue weighted by atomic mass is 10.3. The molecule has 0 amide bonds. The number of halogens is 2. The molecule has 2 rings (SSSR count). The fourth-order valence-electron chi connectivity index (χ4n) is 1.42. The van der Waals surface area contributed by atoms with E-state index in [0.29, 0.717) is 18.2 Å². The molecule has 0 atom stereocenters. The lowest BCUT2D eigenvalue weighted by Gasteiger charge is -2.08. The van der Waals surface area contributed by atoms with Gasteiger partial charge in [-0.05, 0) is 12.1 Å². The van der Waals surface area contributed by atoms with Gasteiger partial charge in [-0.3, -0.25) is 0 Å². The summed E-state index contributed by atoms with van der Waals surface area (Å²) in [5.74, 6) is -1.21. The van der Waals surface area contributed by atoms with Gasteiger partial charge < -0.3 is 9.88 Å². The molecule has 5 heteroatoms. The Bertz CT molecular complexity index is 534. The predicted molar refractivity (Wildman–Crippen MR) is 62.1 cm³/mol. The van der Waals surface area contributed by atoms with E-state index in [1.54, 1.807) is 23.0 Å². The standard InChI is InChI=1S/C12H11F2N3/c1-2-6-17-7-5-15-12(17)16-9-3-4-10(13)11(14)8-9/h2-5,7-8H,1,6H2,(H,15,16). The molecular formula is C12H11F2N3. The number of nitrogens with zero attached hydrogens (tertiary/aromatic N) is 2. The van der Waals surface area contributed by atoms with Crippen LogP contribution in [0.1, 0.15) is 0 Å². The van der Waals surface area contributed by atoms with E-state index in [4.69, 9.17) is 0 Å². The van der Waals surface area contributed by atoms with Crippen LogP contribution in [0, 0.1) is 11.6 Å². The normalized spacial score (nSPS) is 10.2. The summed E-state index contributed by atoms with van der Waals surface area (Å²) in [6, 6.07) is 3.60. The van der Waals surface area contributed by atoms with Crippen LogP contribution in [0.25, 0.3) is 0 Å². The summed E-state index contributed by atoms with van der Waals surface area (Å²) < 4.78 is 27.5. The number of allylic oxidation sites excluding steroid dienone is 1. The van der Waals surface area contributed by atoms with Crippen molar-refractivity contribution >= 4 is 11.6 Å². The van der Waals surface area contributed by atoms with Crippen LogP contribution in [0.15, 0.2) is 43.2 Å². The van der Waals surface area contributed by atoms with E-state index in [9.17, 15) is 8.78 Å². The van der Waals surface area contributed by atoms with Crippen molar-refractivity contribution in [3.63, 3.8) is 0 Å². The zero-order valence-electron chi connectivity index (χ0n) is 9.03. The van der Waals surface area contributed by atoms with Gasteiger partial charge in [-0.1, -0.05) is 6.08 Å². The van der Waals surface area contributed by atoms with E-state index in [1.165, 1.54) is 6.07 Å². The molecule has 0 unspecified atom stereocenters. The third-order valence-corrected chi connectivity index (χ3v) is 2.22. The molecule has 0 spiro atoms. The average molecular weight is 235 g/mol. The second kappa shape index (κ2) is 4.78. The second-order valence-corrected chi connectivity index (χ2v) is 3.45. The van der Waals surface area contributed by atoms with Crippen molar-refractivity contribution in [3.8, 4) is 0 Å². The van der Waals surface area contributed by atoms with E-state index in [0.717, 1.165) is 12.1 Å². The number of hydrogen-bond donors (Lipinski definition) is 1. The summed E-state index contributed by atoms with van der Waals surface area (Å²) in [6.07, 6.45) is 5.10. The van der Waals surface area contributed by atoms with Gasteiger partial charge in [-0.25, -0.2) is 13.8 Å². The molecule has 0 saturated heterocycles. The SMILES string of the molecule is C=CCn1ccnc1Nc1ccc(F)c(F)c1. The van der Waals surface area contributed by atoms with Crippen LogP contribution in [0.5, 0.6) is 0 Å². The van der Waals surface area contributed by atoms with Crippen molar-refractivity contribution in [2.45, 2.75) is 6.54 Å². The van der Waals surface area contributed by atoms with Crippen LogP contribution >= 0.6 is 0 Å². The van der Waals surface area contributed by atoms with Gasteiger partial charge in [-0.15, -0.1) is 6.58 Å². The molecule has 0 radical (unpaired) electrons. The minimum atomic E-state index is -0.892. The Labute approximate surface area is 97.4 Å². The highest BCUT2D eigenvalue weighted by atomic mass is 19.2. The molecule has 0 fully saturated rings. The third kappa shape index (κ3) is 2.50. The first-order valence-electron chi connectivity index (χ1n) is 5.05. The van der Waals surface area contributed by atoms with Crippen molar-refractivity contribution in [1.29, 1.82) is 0 Å². The van der Waals surface area contributed by atoms with Crippen molar-refractivity contribution in [3.05, 3.63) is 54.9 Å². The minimum absolute atomic E-state index is 0.445. The van der Waals surface area contributed by atoms with Gasteiger partial charge in [0.25, 0.3) is 0 Å². The zero-order valence-corrected chi connectivity index (χ0v) is 9.03. The van der Waals surface area contributed by atoms with Gasteiger partial charge in [0.1, 0.15) is 0 Å². The Morgan fingerprint density at radius 1 is 1.35 bits per heavy atom. The van der Waals surface area contributed by atoms with E-state index >= 15 is 0 Å². The average Bonchev–Trinajstić information content (AvgIpc) is 2.72. The van der Waals surface area contributed by atoms with Gasteiger partial charge in [0, 0.05) is 30.7 Å². The Morgan fingerprint density at radius 3 is 2.88 bits per heavy atom. The van der Waals surface area contributed by atoms with E-state index in [-0.39, 0.29) is 0 Å². The first kappa shape index (κ1) is 11.3. The molecule has 0 aliphatic heterocycles. The highest BCUT2D eigenvalue weighted by Crippen LogP contribution is 2.17. The monoisotopic (exact) mass is 235 g/mol. The van der Waals surface area contributed by atoms with Crippen LogP contribution in [0.3, 0.4) is 0 Å². The Balaban J connectivity index is 2.22. The van der Waals surface area contributed by atoms with Crippen molar-refractivity contribution in [1.82, 2.24) is 9.55 Å². The highest BCUT2D eigenvalue weighted by molar-refractivity contribution is 5.53. The van der Waals surface area contributed by atoms with Crippen LogP contribution in [0.4, 0.5) is 20.4 Å². The van der Waals surface area contributed by atoms with Crippen LogP contribution in [-0.4, -0.2) is 9.55 Å². The molecule has 3 nitrogen and oxygen atoms in total. The summed E-state index contributed by atoms with van der Waals surface area (Å²) in [5, 5.41) is 2.90. The molecule has 1 N–H and O–H groups in total. The lowest BCUT2D eigenvalue weighted by molar-refractivity contribution is 0.509. The molecule has 1 heterocycles. The van der Waals surface area contributed by atoms with Crippen molar-refractivity contribution in [2.75, 3.05) is 5.32 Å².